The molecule has 2 aliphatic carbocycles. The second kappa shape index (κ2) is 4.12. The molecule has 0 unspecified atom stereocenters. The Morgan fingerprint density at radius 2 is 2.13 bits per heavy atom. The summed E-state index contributed by atoms with van der Waals surface area (Å²) < 4.78 is 0. The van der Waals surface area contributed by atoms with Gasteiger partial charge in [0.15, 0.2) is 0 Å². The summed E-state index contributed by atoms with van der Waals surface area (Å²) in [5, 5.41) is 0. The summed E-state index contributed by atoms with van der Waals surface area (Å²) in [7, 11) is 1.93. The van der Waals surface area contributed by atoms with Crippen molar-refractivity contribution in [3.8, 4) is 0 Å². The summed E-state index contributed by atoms with van der Waals surface area (Å²) in [5.41, 5.74) is 5.49. The molecule has 3 nitrogen and oxygen atoms in total. The predicted octanol–water partition coefficient (Wildman–Crippen LogP) is 1.37. The third-order valence-electron chi connectivity index (χ3n) is 4.14. The molecule has 0 aromatic heterocycles. The van der Waals surface area contributed by atoms with Gasteiger partial charge in [-0.2, -0.15) is 0 Å². The van der Waals surface area contributed by atoms with E-state index in [1.165, 1.54) is 25.7 Å². The number of hydrogen-bond donors (Lipinski definition) is 1. The van der Waals surface area contributed by atoms with Crippen molar-refractivity contribution in [1.29, 1.82) is 0 Å². The summed E-state index contributed by atoms with van der Waals surface area (Å²) in [4.78, 5) is 13.9. The molecule has 0 aliphatic heterocycles. The zero-order chi connectivity index (χ0) is 10.9. The molecule has 0 saturated heterocycles. The van der Waals surface area contributed by atoms with Gasteiger partial charge in [-0.3, -0.25) is 4.79 Å². The summed E-state index contributed by atoms with van der Waals surface area (Å²) in [6.07, 6.45) is 7.29. The second-order valence-electron chi connectivity index (χ2n) is 5.30. The van der Waals surface area contributed by atoms with Gasteiger partial charge < -0.3 is 10.6 Å². The zero-order valence-electron chi connectivity index (χ0n) is 9.67. The van der Waals surface area contributed by atoms with Crippen molar-refractivity contribution in [3.63, 3.8) is 0 Å². The van der Waals surface area contributed by atoms with E-state index in [9.17, 15) is 4.79 Å². The number of hydrogen-bond acceptors (Lipinski definition) is 2. The van der Waals surface area contributed by atoms with Crippen LogP contribution in [0, 0.1) is 11.3 Å². The van der Waals surface area contributed by atoms with Crippen LogP contribution >= 0.6 is 0 Å². The van der Waals surface area contributed by atoms with Crippen LogP contribution in [-0.4, -0.2) is 30.9 Å². The van der Waals surface area contributed by atoms with E-state index < -0.39 is 0 Å². The number of amides is 1. The molecule has 0 bridgehead atoms. The Hall–Kier alpha value is -0.570. The Balaban J connectivity index is 1.74. The van der Waals surface area contributed by atoms with Crippen molar-refractivity contribution < 1.29 is 4.79 Å². The molecule has 2 fully saturated rings. The molecule has 2 N–H and O–H groups in total. The highest BCUT2D eigenvalue weighted by molar-refractivity contribution is 5.85. The maximum atomic E-state index is 12.0. The van der Waals surface area contributed by atoms with Crippen LogP contribution < -0.4 is 5.73 Å². The van der Waals surface area contributed by atoms with Gasteiger partial charge in [0.25, 0.3) is 0 Å². The number of carbonyl (C=O) groups is 1. The minimum atomic E-state index is -0.158. The lowest BCUT2D eigenvalue weighted by Crippen LogP contribution is -2.39. The number of rotatable bonds is 5. The minimum absolute atomic E-state index is 0.158. The van der Waals surface area contributed by atoms with Gasteiger partial charge >= 0.3 is 0 Å². The van der Waals surface area contributed by atoms with E-state index in [4.69, 9.17) is 5.73 Å². The van der Waals surface area contributed by atoms with Crippen LogP contribution in [0.2, 0.25) is 0 Å². The van der Waals surface area contributed by atoms with Crippen LogP contribution in [0.15, 0.2) is 0 Å². The quantitative estimate of drug-likeness (QED) is 0.745. The Bertz CT molecular complexity index is 244. The molecule has 0 heterocycles. The maximum absolute atomic E-state index is 12.0. The molecule has 86 valence electrons. The van der Waals surface area contributed by atoms with Crippen LogP contribution in [0.25, 0.3) is 0 Å². The van der Waals surface area contributed by atoms with Gasteiger partial charge in [-0.1, -0.05) is 19.3 Å². The Morgan fingerprint density at radius 1 is 1.47 bits per heavy atom. The normalized spacial score (nSPS) is 23.3. The topological polar surface area (TPSA) is 46.3 Å². The molecule has 0 atom stereocenters. The van der Waals surface area contributed by atoms with Crippen LogP contribution in [0.1, 0.15) is 38.5 Å². The van der Waals surface area contributed by atoms with Gasteiger partial charge in [0, 0.05) is 20.1 Å². The highest BCUT2D eigenvalue weighted by Gasteiger charge is 2.49. The van der Waals surface area contributed by atoms with E-state index in [1.807, 2.05) is 11.9 Å². The smallest absolute Gasteiger partial charge is 0.229 e. The Morgan fingerprint density at radius 3 is 2.53 bits per heavy atom. The third-order valence-corrected chi connectivity index (χ3v) is 4.14. The SMILES string of the molecule is CN(CCC1CCC1)C(=O)C1(CN)CC1. The summed E-state index contributed by atoms with van der Waals surface area (Å²) in [6, 6.07) is 0. The number of nitrogens with zero attached hydrogens (tertiary/aromatic N) is 1. The van der Waals surface area contributed by atoms with Crippen molar-refractivity contribution in [2.24, 2.45) is 17.1 Å². The van der Waals surface area contributed by atoms with Crippen molar-refractivity contribution in [1.82, 2.24) is 4.90 Å². The van der Waals surface area contributed by atoms with E-state index in [2.05, 4.69) is 0 Å². The van der Waals surface area contributed by atoms with Crippen molar-refractivity contribution in [2.75, 3.05) is 20.1 Å². The highest BCUT2D eigenvalue weighted by atomic mass is 16.2. The summed E-state index contributed by atoms with van der Waals surface area (Å²) >= 11 is 0. The molecule has 2 rings (SSSR count). The molecule has 0 spiro atoms. The van der Waals surface area contributed by atoms with Crippen molar-refractivity contribution in [3.05, 3.63) is 0 Å². The van der Waals surface area contributed by atoms with Crippen LogP contribution in [0.4, 0.5) is 0 Å². The second-order valence-corrected chi connectivity index (χ2v) is 5.30. The third kappa shape index (κ3) is 2.17. The molecule has 3 heteroatoms. The first-order valence-corrected chi connectivity index (χ1v) is 6.13. The van der Waals surface area contributed by atoms with E-state index in [0.29, 0.717) is 6.54 Å². The van der Waals surface area contributed by atoms with Gasteiger partial charge in [-0.25, -0.2) is 0 Å². The monoisotopic (exact) mass is 210 g/mol. The Labute approximate surface area is 92.0 Å². The average molecular weight is 210 g/mol. The predicted molar refractivity (Wildman–Crippen MR) is 60.3 cm³/mol. The summed E-state index contributed by atoms with van der Waals surface area (Å²) in [6.45, 7) is 1.45. The summed E-state index contributed by atoms with van der Waals surface area (Å²) in [5.74, 6) is 1.16. The van der Waals surface area contributed by atoms with Crippen LogP contribution in [0.3, 0.4) is 0 Å². The first kappa shape index (κ1) is 10.9. The fourth-order valence-corrected chi connectivity index (χ4v) is 2.32. The number of nitrogens with two attached hydrogens (primary N) is 1. The van der Waals surface area contributed by atoms with E-state index in [0.717, 1.165) is 25.3 Å². The molecule has 15 heavy (non-hydrogen) atoms. The van der Waals surface area contributed by atoms with Crippen LogP contribution in [-0.2, 0) is 4.79 Å². The molecule has 1 amide bonds. The first-order chi connectivity index (χ1) is 7.18. The lowest BCUT2D eigenvalue weighted by Gasteiger charge is -2.29. The molecule has 2 aliphatic rings. The molecular formula is C12H22N2O. The largest absolute Gasteiger partial charge is 0.345 e. The highest BCUT2D eigenvalue weighted by Crippen LogP contribution is 2.46. The lowest BCUT2D eigenvalue weighted by molar-refractivity contribution is -0.135. The Kier molecular flexibility index (Phi) is 3.01. The molecule has 0 radical (unpaired) electrons. The van der Waals surface area contributed by atoms with Gasteiger partial charge in [0.2, 0.25) is 5.91 Å². The van der Waals surface area contributed by atoms with Crippen molar-refractivity contribution in [2.45, 2.75) is 38.5 Å². The van der Waals surface area contributed by atoms with Gasteiger partial charge in [0.1, 0.15) is 0 Å². The first-order valence-electron chi connectivity index (χ1n) is 6.13. The van der Waals surface area contributed by atoms with Gasteiger partial charge in [-0.05, 0) is 25.2 Å². The van der Waals surface area contributed by atoms with E-state index in [-0.39, 0.29) is 11.3 Å². The van der Waals surface area contributed by atoms with E-state index in [1.54, 1.807) is 0 Å². The fourth-order valence-electron chi connectivity index (χ4n) is 2.32. The number of carbonyl (C=O) groups excluding carboxylic acids is 1. The van der Waals surface area contributed by atoms with Gasteiger partial charge in [-0.15, -0.1) is 0 Å². The van der Waals surface area contributed by atoms with Crippen molar-refractivity contribution >= 4 is 5.91 Å². The van der Waals surface area contributed by atoms with E-state index >= 15 is 0 Å². The van der Waals surface area contributed by atoms with Crippen LogP contribution in [0.5, 0.6) is 0 Å². The molecule has 0 aromatic carbocycles. The molecule has 0 aromatic rings. The fraction of sp³-hybridized carbons (Fsp3) is 0.917. The molecule has 2 saturated carbocycles. The zero-order valence-corrected chi connectivity index (χ0v) is 9.67. The van der Waals surface area contributed by atoms with Gasteiger partial charge in [0.05, 0.1) is 5.41 Å². The maximum Gasteiger partial charge on any atom is 0.229 e. The minimum Gasteiger partial charge on any atom is -0.345 e. The average Bonchev–Trinajstić information content (AvgIpc) is 2.94. The standard InChI is InChI=1S/C12H22N2O/c1-14(8-5-10-3-2-4-10)11(15)12(9-13)6-7-12/h10H,2-9,13H2,1H3. The molecular weight excluding hydrogens is 188 g/mol. The lowest BCUT2D eigenvalue weighted by atomic mass is 9.83.